The number of ether oxygens (including phenoxy) is 1. The van der Waals surface area contributed by atoms with Crippen LogP contribution < -0.4 is 9.64 Å². The average Bonchev–Trinajstić information content (AvgIpc) is 3.23. The van der Waals surface area contributed by atoms with Gasteiger partial charge in [-0.25, -0.2) is 0 Å². The SMILES string of the molecule is CCN1C(=O)[C@H](Cc2ccc(OC3CCCC3)cc2)c2ccccc21. The molecule has 1 amide bonds. The maximum Gasteiger partial charge on any atom is 0.234 e. The van der Waals surface area contributed by atoms with Crippen LogP contribution in [0, 0.1) is 0 Å². The quantitative estimate of drug-likeness (QED) is 0.792. The summed E-state index contributed by atoms with van der Waals surface area (Å²) in [6, 6.07) is 16.5. The number of likely N-dealkylation sites (N-methyl/N-ethyl adjacent to an activating group) is 1. The lowest BCUT2D eigenvalue weighted by Gasteiger charge is -2.16. The molecule has 130 valence electrons. The van der Waals surface area contributed by atoms with E-state index in [2.05, 4.69) is 36.4 Å². The van der Waals surface area contributed by atoms with Crippen molar-refractivity contribution in [2.45, 2.75) is 51.0 Å². The zero-order valence-corrected chi connectivity index (χ0v) is 14.8. The Morgan fingerprint density at radius 2 is 1.76 bits per heavy atom. The molecule has 1 fully saturated rings. The second-order valence-corrected chi connectivity index (χ2v) is 7.07. The number of hydrogen-bond acceptors (Lipinski definition) is 2. The summed E-state index contributed by atoms with van der Waals surface area (Å²) < 4.78 is 6.04. The molecule has 25 heavy (non-hydrogen) atoms. The molecule has 0 spiro atoms. The first kappa shape index (κ1) is 16.2. The number of benzene rings is 2. The average molecular weight is 335 g/mol. The molecule has 1 heterocycles. The standard InChI is InChI=1S/C22H25NO2/c1-2-23-21-10-6-5-9-19(21)20(22(23)24)15-16-11-13-18(14-12-16)25-17-7-3-4-8-17/h5-6,9-14,17,20H,2-4,7-8,15H2,1H3/t20-/m1/s1. The number of para-hydroxylation sites is 1. The Balaban J connectivity index is 1.49. The predicted octanol–water partition coefficient (Wildman–Crippen LogP) is 4.70. The van der Waals surface area contributed by atoms with Crippen LogP contribution in [0.3, 0.4) is 0 Å². The third-order valence-electron chi connectivity index (χ3n) is 5.45. The molecular formula is C22H25NO2. The van der Waals surface area contributed by atoms with E-state index < -0.39 is 0 Å². The molecule has 0 saturated heterocycles. The number of nitrogens with zero attached hydrogens (tertiary/aromatic N) is 1. The van der Waals surface area contributed by atoms with Gasteiger partial charge in [-0.05, 0) is 68.4 Å². The third kappa shape index (κ3) is 3.15. The van der Waals surface area contributed by atoms with Crippen LogP contribution in [-0.4, -0.2) is 18.6 Å². The third-order valence-corrected chi connectivity index (χ3v) is 5.45. The molecule has 1 saturated carbocycles. The molecule has 2 aliphatic rings. The first-order valence-corrected chi connectivity index (χ1v) is 9.42. The number of amides is 1. The van der Waals surface area contributed by atoms with Gasteiger partial charge in [-0.1, -0.05) is 30.3 Å². The number of hydrogen-bond donors (Lipinski definition) is 0. The Morgan fingerprint density at radius 3 is 2.48 bits per heavy atom. The van der Waals surface area contributed by atoms with Crippen LogP contribution in [0.25, 0.3) is 0 Å². The summed E-state index contributed by atoms with van der Waals surface area (Å²) in [6.07, 6.45) is 6.02. The maximum absolute atomic E-state index is 12.8. The summed E-state index contributed by atoms with van der Waals surface area (Å²) in [7, 11) is 0. The van der Waals surface area contributed by atoms with E-state index in [1.54, 1.807) is 0 Å². The van der Waals surface area contributed by atoms with E-state index in [1.165, 1.54) is 31.2 Å². The Bertz CT molecular complexity index is 747. The minimum Gasteiger partial charge on any atom is -0.490 e. The van der Waals surface area contributed by atoms with Crippen molar-refractivity contribution in [1.29, 1.82) is 0 Å². The molecule has 3 nitrogen and oxygen atoms in total. The van der Waals surface area contributed by atoms with Gasteiger partial charge in [-0.3, -0.25) is 4.79 Å². The van der Waals surface area contributed by atoms with Crippen molar-refractivity contribution in [3.8, 4) is 5.75 Å². The minimum atomic E-state index is -0.0715. The highest BCUT2D eigenvalue weighted by Gasteiger charge is 2.35. The number of carbonyl (C=O) groups excluding carboxylic acids is 1. The monoisotopic (exact) mass is 335 g/mol. The molecule has 0 aromatic heterocycles. The molecule has 0 radical (unpaired) electrons. The lowest BCUT2D eigenvalue weighted by atomic mass is 9.93. The van der Waals surface area contributed by atoms with Gasteiger partial charge in [0.1, 0.15) is 5.75 Å². The highest BCUT2D eigenvalue weighted by Crippen LogP contribution is 2.39. The van der Waals surface area contributed by atoms with E-state index in [0.29, 0.717) is 6.10 Å². The number of rotatable bonds is 5. The fourth-order valence-corrected chi connectivity index (χ4v) is 4.13. The van der Waals surface area contributed by atoms with E-state index in [0.717, 1.165) is 30.0 Å². The van der Waals surface area contributed by atoms with Crippen LogP contribution in [0.1, 0.15) is 49.7 Å². The van der Waals surface area contributed by atoms with Gasteiger partial charge in [0.25, 0.3) is 0 Å². The summed E-state index contributed by atoms with van der Waals surface area (Å²) in [5.41, 5.74) is 3.41. The zero-order chi connectivity index (χ0) is 17.2. The Hall–Kier alpha value is -2.29. The molecule has 0 N–H and O–H groups in total. The lowest BCUT2D eigenvalue weighted by molar-refractivity contribution is -0.119. The van der Waals surface area contributed by atoms with Crippen molar-refractivity contribution in [3.63, 3.8) is 0 Å². The van der Waals surface area contributed by atoms with Crippen LogP contribution in [0.5, 0.6) is 5.75 Å². The van der Waals surface area contributed by atoms with Crippen molar-refractivity contribution in [2.24, 2.45) is 0 Å². The van der Waals surface area contributed by atoms with Crippen molar-refractivity contribution >= 4 is 11.6 Å². The molecule has 2 aromatic carbocycles. The van der Waals surface area contributed by atoms with Crippen molar-refractivity contribution in [1.82, 2.24) is 0 Å². The Morgan fingerprint density at radius 1 is 1.04 bits per heavy atom. The van der Waals surface area contributed by atoms with Gasteiger partial charge in [0.2, 0.25) is 5.91 Å². The normalized spacial score (nSPS) is 20.1. The fourth-order valence-electron chi connectivity index (χ4n) is 4.13. The van der Waals surface area contributed by atoms with Crippen molar-refractivity contribution < 1.29 is 9.53 Å². The van der Waals surface area contributed by atoms with Crippen LogP contribution in [0.2, 0.25) is 0 Å². The maximum atomic E-state index is 12.8. The van der Waals surface area contributed by atoms with Crippen LogP contribution in [0.4, 0.5) is 5.69 Å². The second kappa shape index (κ2) is 6.91. The number of carbonyl (C=O) groups is 1. The largest absolute Gasteiger partial charge is 0.490 e. The van der Waals surface area contributed by atoms with Gasteiger partial charge >= 0.3 is 0 Å². The first-order valence-electron chi connectivity index (χ1n) is 9.42. The summed E-state index contributed by atoms with van der Waals surface area (Å²) in [5.74, 6) is 1.09. The van der Waals surface area contributed by atoms with E-state index in [4.69, 9.17) is 4.74 Å². The van der Waals surface area contributed by atoms with Crippen LogP contribution in [-0.2, 0) is 11.2 Å². The van der Waals surface area contributed by atoms with Crippen LogP contribution >= 0.6 is 0 Å². The minimum absolute atomic E-state index is 0.0715. The summed E-state index contributed by atoms with van der Waals surface area (Å²) >= 11 is 0. The lowest BCUT2D eigenvalue weighted by Crippen LogP contribution is -2.29. The van der Waals surface area contributed by atoms with Gasteiger partial charge < -0.3 is 9.64 Å². The summed E-state index contributed by atoms with van der Waals surface area (Å²) in [4.78, 5) is 14.7. The Labute approximate surface area is 149 Å². The molecule has 1 atom stereocenters. The molecule has 3 heteroatoms. The number of fused-ring (bicyclic) bond motifs is 1. The van der Waals surface area contributed by atoms with Crippen molar-refractivity contribution in [2.75, 3.05) is 11.4 Å². The van der Waals surface area contributed by atoms with Gasteiger partial charge in [0, 0.05) is 12.2 Å². The highest BCUT2D eigenvalue weighted by molar-refractivity contribution is 6.05. The van der Waals surface area contributed by atoms with Gasteiger partial charge in [-0.15, -0.1) is 0 Å². The zero-order valence-electron chi connectivity index (χ0n) is 14.8. The summed E-state index contributed by atoms with van der Waals surface area (Å²) in [6.45, 7) is 2.76. The fraction of sp³-hybridized carbons (Fsp3) is 0.409. The predicted molar refractivity (Wildman–Crippen MR) is 100 cm³/mol. The van der Waals surface area contributed by atoms with E-state index in [1.807, 2.05) is 24.0 Å². The van der Waals surface area contributed by atoms with Gasteiger partial charge in [-0.2, -0.15) is 0 Å². The molecule has 1 aliphatic heterocycles. The van der Waals surface area contributed by atoms with Crippen LogP contribution in [0.15, 0.2) is 48.5 Å². The molecule has 4 rings (SSSR count). The number of anilines is 1. The van der Waals surface area contributed by atoms with E-state index >= 15 is 0 Å². The molecular weight excluding hydrogens is 310 g/mol. The molecule has 1 aliphatic carbocycles. The van der Waals surface area contributed by atoms with Crippen molar-refractivity contribution in [3.05, 3.63) is 59.7 Å². The first-order chi connectivity index (χ1) is 12.3. The molecule has 0 bridgehead atoms. The molecule has 2 aromatic rings. The van der Waals surface area contributed by atoms with E-state index in [9.17, 15) is 4.79 Å². The van der Waals surface area contributed by atoms with Gasteiger partial charge in [0.15, 0.2) is 0 Å². The summed E-state index contributed by atoms with van der Waals surface area (Å²) in [5, 5.41) is 0. The van der Waals surface area contributed by atoms with Gasteiger partial charge in [0.05, 0.1) is 12.0 Å². The smallest absolute Gasteiger partial charge is 0.234 e. The molecule has 0 unspecified atom stereocenters. The second-order valence-electron chi connectivity index (χ2n) is 7.07. The highest BCUT2D eigenvalue weighted by atomic mass is 16.5. The Kier molecular flexibility index (Phi) is 4.48. The van der Waals surface area contributed by atoms with E-state index in [-0.39, 0.29) is 11.8 Å². The topological polar surface area (TPSA) is 29.5 Å².